The number of hydrogen-bond acceptors (Lipinski definition) is 5. The first-order chi connectivity index (χ1) is 11.3. The minimum atomic E-state index is -4.20. The summed E-state index contributed by atoms with van der Waals surface area (Å²) >= 11 is 12.2. The van der Waals surface area contributed by atoms with Crippen LogP contribution < -0.4 is 0 Å². The first-order valence-electron chi connectivity index (χ1n) is 6.96. The summed E-state index contributed by atoms with van der Waals surface area (Å²) in [5, 5.41) is 0.782. The number of ether oxygens (including phenoxy) is 2. The second-order valence-corrected chi connectivity index (χ2v) is 7.75. The van der Waals surface area contributed by atoms with Crippen LogP contribution in [0.25, 0.3) is 0 Å². The predicted molar refractivity (Wildman–Crippen MR) is 87.6 cm³/mol. The summed E-state index contributed by atoms with van der Waals surface area (Å²) in [7, 11) is -4.20. The molecule has 24 heavy (non-hydrogen) atoms. The van der Waals surface area contributed by atoms with Gasteiger partial charge < -0.3 is 14.0 Å². The molecule has 0 saturated carbocycles. The highest BCUT2D eigenvalue weighted by atomic mass is 35.5. The summed E-state index contributed by atoms with van der Waals surface area (Å²) in [5.74, 6) is -1.87. The van der Waals surface area contributed by atoms with Gasteiger partial charge >= 0.3 is 0 Å². The van der Waals surface area contributed by atoms with Gasteiger partial charge in [0.05, 0.1) is 24.5 Å². The van der Waals surface area contributed by atoms with Crippen LogP contribution in [-0.4, -0.2) is 41.0 Å². The third-order valence-electron chi connectivity index (χ3n) is 3.55. The molecule has 1 aliphatic heterocycles. The Hall–Kier alpha value is -1.16. The van der Waals surface area contributed by atoms with Crippen LogP contribution in [0, 0.1) is 0 Å². The molecular weight excluding hydrogens is 379 g/mol. The summed E-state index contributed by atoms with van der Waals surface area (Å²) in [6, 6.07) is 4.86. The molecule has 2 unspecified atom stereocenters. The maximum absolute atomic E-state index is 11.1. The Morgan fingerprint density at radius 3 is 2.83 bits per heavy atom. The first-order valence-corrected chi connectivity index (χ1v) is 9.32. The Morgan fingerprint density at radius 2 is 2.21 bits per heavy atom. The molecule has 7 nitrogen and oxygen atoms in total. The lowest BCUT2D eigenvalue weighted by Gasteiger charge is -2.29. The van der Waals surface area contributed by atoms with Gasteiger partial charge in [-0.15, -0.1) is 0 Å². The van der Waals surface area contributed by atoms with Gasteiger partial charge in [0.25, 0.3) is 10.1 Å². The fourth-order valence-corrected chi connectivity index (χ4v) is 3.80. The highest BCUT2D eigenvalue weighted by Crippen LogP contribution is 2.40. The van der Waals surface area contributed by atoms with Crippen molar-refractivity contribution in [1.29, 1.82) is 0 Å². The predicted octanol–water partition coefficient (Wildman–Crippen LogP) is 2.35. The Balaban J connectivity index is 1.96. The Bertz CT molecular complexity index is 828. The van der Waals surface area contributed by atoms with E-state index in [4.69, 9.17) is 37.2 Å². The van der Waals surface area contributed by atoms with E-state index in [1.54, 1.807) is 41.5 Å². The molecule has 0 radical (unpaired) electrons. The minimum absolute atomic E-state index is 0.00651. The molecule has 0 amide bonds. The molecule has 130 valence electrons. The zero-order chi connectivity index (χ0) is 17.4. The Kier molecular flexibility index (Phi) is 4.87. The van der Waals surface area contributed by atoms with E-state index in [1.807, 2.05) is 0 Å². The van der Waals surface area contributed by atoms with Crippen LogP contribution in [-0.2, 0) is 31.9 Å². The lowest BCUT2D eigenvalue weighted by atomic mass is 10.1. The average Bonchev–Trinajstić information content (AvgIpc) is 3.08. The second-order valence-electron chi connectivity index (χ2n) is 5.41. The Morgan fingerprint density at radius 1 is 1.42 bits per heavy atom. The van der Waals surface area contributed by atoms with E-state index in [9.17, 15) is 8.42 Å². The van der Waals surface area contributed by atoms with Crippen molar-refractivity contribution in [2.24, 2.45) is 0 Å². The third kappa shape index (κ3) is 3.90. The fourth-order valence-electron chi connectivity index (χ4n) is 2.61. The topological polar surface area (TPSA) is 90.7 Å². The van der Waals surface area contributed by atoms with Gasteiger partial charge in [0.15, 0.2) is 0 Å². The largest absolute Gasteiger partial charge is 0.342 e. The number of rotatable bonds is 5. The second kappa shape index (κ2) is 6.62. The highest BCUT2D eigenvalue weighted by molar-refractivity contribution is 7.85. The number of benzene rings is 1. The van der Waals surface area contributed by atoms with Crippen LogP contribution in [0.4, 0.5) is 0 Å². The maximum Gasteiger partial charge on any atom is 0.267 e. The van der Waals surface area contributed by atoms with Crippen LogP contribution >= 0.6 is 23.2 Å². The summed E-state index contributed by atoms with van der Waals surface area (Å²) < 4.78 is 44.7. The molecule has 3 rings (SSSR count). The first kappa shape index (κ1) is 17.7. The van der Waals surface area contributed by atoms with Gasteiger partial charge in [-0.05, 0) is 12.1 Å². The average molecular weight is 393 g/mol. The maximum atomic E-state index is 11.1. The Labute approximate surface area is 148 Å². The smallest absolute Gasteiger partial charge is 0.267 e. The molecule has 2 aromatic rings. The molecule has 0 spiro atoms. The molecule has 1 aromatic carbocycles. The zero-order valence-corrected chi connectivity index (χ0v) is 14.6. The van der Waals surface area contributed by atoms with Crippen LogP contribution in [0.5, 0.6) is 0 Å². The summed E-state index contributed by atoms with van der Waals surface area (Å²) in [6.07, 6.45) is 4.07. The molecule has 10 heteroatoms. The highest BCUT2D eigenvalue weighted by Gasteiger charge is 2.46. The molecule has 1 N–H and O–H groups in total. The van der Waals surface area contributed by atoms with Crippen LogP contribution in [0.2, 0.25) is 10.0 Å². The van der Waals surface area contributed by atoms with Crippen LogP contribution in [0.15, 0.2) is 36.9 Å². The molecule has 2 atom stereocenters. The van der Waals surface area contributed by atoms with Crippen molar-refractivity contribution >= 4 is 33.3 Å². The van der Waals surface area contributed by atoms with Crippen molar-refractivity contribution in [1.82, 2.24) is 9.55 Å². The summed E-state index contributed by atoms with van der Waals surface area (Å²) in [5.41, 5.74) is 0.514. The number of imidazole rings is 1. The van der Waals surface area contributed by atoms with E-state index in [0.717, 1.165) is 0 Å². The standard InChI is InChI=1S/C14H14Cl2N2O5S/c15-10-1-2-12(13(16)5-10)14(8-18-4-3-17-9-18)22-6-11(23-14)7-24(19,20)21/h1-5,9,11H,6-8H2,(H,19,20,21). The molecule has 1 aliphatic rings. The molecular formula is C14H14Cl2N2O5S. The molecule has 1 aromatic heterocycles. The fraction of sp³-hybridized carbons (Fsp3) is 0.357. The molecule has 1 saturated heterocycles. The molecule has 0 aliphatic carbocycles. The normalized spacial score (nSPS) is 24.4. The van der Waals surface area contributed by atoms with Gasteiger partial charge in [0, 0.05) is 23.0 Å². The van der Waals surface area contributed by atoms with Crippen LogP contribution in [0.1, 0.15) is 5.56 Å². The van der Waals surface area contributed by atoms with E-state index in [2.05, 4.69) is 4.98 Å². The molecule has 0 bridgehead atoms. The van der Waals surface area contributed by atoms with Gasteiger partial charge in [-0.3, -0.25) is 4.55 Å². The quantitative estimate of drug-likeness (QED) is 0.785. The number of hydrogen-bond donors (Lipinski definition) is 1. The lowest BCUT2D eigenvalue weighted by molar-refractivity contribution is -0.184. The van der Waals surface area contributed by atoms with Crippen molar-refractivity contribution in [3.05, 3.63) is 52.5 Å². The van der Waals surface area contributed by atoms with E-state index >= 15 is 0 Å². The van der Waals surface area contributed by atoms with E-state index in [1.165, 1.54) is 0 Å². The van der Waals surface area contributed by atoms with Gasteiger partial charge in [0.1, 0.15) is 11.9 Å². The number of halogens is 2. The molecule has 2 heterocycles. The van der Waals surface area contributed by atoms with Crippen molar-refractivity contribution in [3.8, 4) is 0 Å². The summed E-state index contributed by atoms with van der Waals surface area (Å²) in [6.45, 7) is 0.198. The van der Waals surface area contributed by atoms with Crippen LogP contribution in [0.3, 0.4) is 0 Å². The SMILES string of the molecule is O=S(=O)(O)CC1COC(Cn2ccnc2)(c2ccc(Cl)cc2Cl)O1. The van der Waals surface area contributed by atoms with Gasteiger partial charge in [-0.25, -0.2) is 4.98 Å². The molecule has 1 fully saturated rings. The third-order valence-corrected chi connectivity index (χ3v) is 4.89. The van der Waals surface area contributed by atoms with Crippen molar-refractivity contribution in [3.63, 3.8) is 0 Å². The van der Waals surface area contributed by atoms with Crippen molar-refractivity contribution < 1.29 is 22.4 Å². The lowest BCUT2D eigenvalue weighted by Crippen LogP contribution is -2.34. The monoisotopic (exact) mass is 392 g/mol. The number of aromatic nitrogens is 2. The van der Waals surface area contributed by atoms with Crippen molar-refractivity contribution in [2.75, 3.05) is 12.4 Å². The van der Waals surface area contributed by atoms with Gasteiger partial charge in [0.2, 0.25) is 5.79 Å². The number of nitrogens with zero attached hydrogens (tertiary/aromatic N) is 2. The van der Waals surface area contributed by atoms with Gasteiger partial charge in [-0.1, -0.05) is 29.3 Å². The van der Waals surface area contributed by atoms with E-state index in [-0.39, 0.29) is 13.2 Å². The van der Waals surface area contributed by atoms with E-state index in [0.29, 0.717) is 15.6 Å². The minimum Gasteiger partial charge on any atom is -0.342 e. The zero-order valence-electron chi connectivity index (χ0n) is 12.3. The van der Waals surface area contributed by atoms with E-state index < -0.39 is 27.8 Å². The van der Waals surface area contributed by atoms with Crippen molar-refractivity contribution in [2.45, 2.75) is 18.4 Å². The summed E-state index contributed by atoms with van der Waals surface area (Å²) in [4.78, 5) is 3.97. The van der Waals surface area contributed by atoms with Gasteiger partial charge in [-0.2, -0.15) is 8.42 Å².